The Morgan fingerprint density at radius 3 is 2.25 bits per heavy atom. The van der Waals surface area contributed by atoms with Crippen molar-refractivity contribution in [2.24, 2.45) is 0 Å². The van der Waals surface area contributed by atoms with Gasteiger partial charge in [0.15, 0.2) is 0 Å². The van der Waals surface area contributed by atoms with Gasteiger partial charge >= 0.3 is 18.1 Å². The van der Waals surface area contributed by atoms with E-state index in [9.17, 15) is 27.6 Å². The molecule has 2 aromatic rings. The van der Waals surface area contributed by atoms with E-state index in [4.69, 9.17) is 14.9 Å². The monoisotopic (exact) mass is 457 g/mol. The number of alkyl halides is 3. The summed E-state index contributed by atoms with van der Waals surface area (Å²) in [5.74, 6) is -2.65. The highest BCUT2D eigenvalue weighted by atomic mass is 19.4. The Morgan fingerprint density at radius 2 is 1.75 bits per heavy atom. The SMILES string of the molecule is Cc1cc(=O)c(OCCN(C)C)nn1-c1cccc(C(F)(F)F)c1.O=C(O)/C=C/C(=O)O. The molecule has 1 aromatic heterocycles. The maximum absolute atomic E-state index is 12.9. The van der Waals surface area contributed by atoms with Crippen LogP contribution in [-0.2, 0) is 15.8 Å². The van der Waals surface area contributed by atoms with Gasteiger partial charge in [-0.3, -0.25) is 4.79 Å². The fourth-order valence-electron chi connectivity index (χ4n) is 2.17. The van der Waals surface area contributed by atoms with Gasteiger partial charge in [0.25, 0.3) is 5.88 Å². The summed E-state index contributed by atoms with van der Waals surface area (Å²) in [6, 6.07) is 6.04. The van der Waals surface area contributed by atoms with Crippen LogP contribution >= 0.6 is 0 Å². The van der Waals surface area contributed by atoms with Gasteiger partial charge in [0, 0.05) is 30.5 Å². The van der Waals surface area contributed by atoms with Crippen LogP contribution in [0.3, 0.4) is 0 Å². The summed E-state index contributed by atoms with van der Waals surface area (Å²) in [5, 5.41) is 19.7. The lowest BCUT2D eigenvalue weighted by Gasteiger charge is -2.14. The third-order valence-corrected chi connectivity index (χ3v) is 3.64. The van der Waals surface area contributed by atoms with Gasteiger partial charge in [0.1, 0.15) is 6.61 Å². The predicted octanol–water partition coefficient (Wildman–Crippen LogP) is 2.21. The second kappa shape index (κ2) is 11.6. The number of ether oxygens (including phenoxy) is 1. The zero-order valence-corrected chi connectivity index (χ0v) is 17.5. The number of carboxylic acids is 2. The maximum atomic E-state index is 12.9. The molecule has 0 amide bonds. The van der Waals surface area contributed by atoms with E-state index >= 15 is 0 Å². The Kier molecular flexibility index (Phi) is 9.60. The molecule has 0 aliphatic rings. The molecule has 0 radical (unpaired) electrons. The highest BCUT2D eigenvalue weighted by Gasteiger charge is 2.30. The van der Waals surface area contributed by atoms with E-state index in [1.807, 2.05) is 19.0 Å². The molecule has 0 bridgehead atoms. The van der Waals surface area contributed by atoms with Crippen molar-refractivity contribution in [3.8, 4) is 11.6 Å². The minimum Gasteiger partial charge on any atom is -0.478 e. The Balaban J connectivity index is 0.000000547. The largest absolute Gasteiger partial charge is 0.478 e. The zero-order chi connectivity index (χ0) is 24.5. The van der Waals surface area contributed by atoms with E-state index in [-0.39, 0.29) is 18.2 Å². The topological polar surface area (TPSA) is 122 Å². The third-order valence-electron chi connectivity index (χ3n) is 3.64. The number of aryl methyl sites for hydroxylation is 1. The Bertz CT molecular complexity index is 1020. The first-order valence-electron chi connectivity index (χ1n) is 9.01. The summed E-state index contributed by atoms with van der Waals surface area (Å²) in [7, 11) is 3.71. The van der Waals surface area contributed by atoms with Crippen molar-refractivity contribution in [1.29, 1.82) is 0 Å². The Morgan fingerprint density at radius 1 is 1.16 bits per heavy atom. The van der Waals surface area contributed by atoms with Crippen LogP contribution in [0.15, 0.2) is 47.3 Å². The van der Waals surface area contributed by atoms with Gasteiger partial charge in [-0.15, -0.1) is 5.10 Å². The summed E-state index contributed by atoms with van der Waals surface area (Å²) in [5.41, 5.74) is -0.566. The molecule has 0 saturated carbocycles. The average molecular weight is 457 g/mol. The number of carboxylic acid groups (broad SMARTS) is 2. The van der Waals surface area contributed by atoms with E-state index in [1.165, 1.54) is 22.9 Å². The number of nitrogens with zero attached hydrogens (tertiary/aromatic N) is 3. The molecule has 1 aromatic carbocycles. The molecule has 1 heterocycles. The fraction of sp³-hybridized carbons (Fsp3) is 0.300. The molecule has 0 atom stereocenters. The smallest absolute Gasteiger partial charge is 0.416 e. The Labute approximate surface area is 181 Å². The molecule has 32 heavy (non-hydrogen) atoms. The third kappa shape index (κ3) is 9.00. The molecule has 0 unspecified atom stereocenters. The molecule has 2 N–H and O–H groups in total. The maximum Gasteiger partial charge on any atom is 0.416 e. The highest BCUT2D eigenvalue weighted by Crippen LogP contribution is 2.30. The summed E-state index contributed by atoms with van der Waals surface area (Å²) >= 11 is 0. The summed E-state index contributed by atoms with van der Waals surface area (Å²) in [6.45, 7) is 2.43. The lowest BCUT2D eigenvalue weighted by atomic mass is 10.2. The zero-order valence-electron chi connectivity index (χ0n) is 17.5. The minimum atomic E-state index is -4.45. The molecule has 12 heteroatoms. The summed E-state index contributed by atoms with van der Waals surface area (Å²) < 4.78 is 45.2. The second-order valence-corrected chi connectivity index (χ2v) is 6.58. The van der Waals surface area contributed by atoms with Crippen LogP contribution in [-0.4, -0.2) is 64.1 Å². The normalized spacial score (nSPS) is 11.2. The summed E-state index contributed by atoms with van der Waals surface area (Å²) in [6.07, 6.45) is -3.33. The van der Waals surface area contributed by atoms with Gasteiger partial charge in [0.05, 0.1) is 11.3 Å². The minimum absolute atomic E-state index is 0.139. The molecular formula is C20H22F3N3O6. The van der Waals surface area contributed by atoms with Crippen LogP contribution in [0.5, 0.6) is 5.88 Å². The number of aromatic nitrogens is 2. The molecule has 0 aliphatic heterocycles. The molecule has 0 fully saturated rings. The number of halogens is 3. The molecule has 174 valence electrons. The number of benzene rings is 1. The van der Waals surface area contributed by atoms with E-state index in [1.54, 1.807) is 6.92 Å². The number of hydrogen-bond donors (Lipinski definition) is 2. The van der Waals surface area contributed by atoms with Crippen molar-refractivity contribution in [2.45, 2.75) is 13.1 Å². The van der Waals surface area contributed by atoms with Crippen molar-refractivity contribution in [2.75, 3.05) is 27.2 Å². The van der Waals surface area contributed by atoms with Gasteiger partial charge in [-0.2, -0.15) is 13.2 Å². The lowest BCUT2D eigenvalue weighted by Crippen LogP contribution is -2.23. The van der Waals surface area contributed by atoms with Crippen LogP contribution < -0.4 is 10.2 Å². The second-order valence-electron chi connectivity index (χ2n) is 6.58. The van der Waals surface area contributed by atoms with Crippen LogP contribution in [0.4, 0.5) is 13.2 Å². The Hall–Kier alpha value is -3.67. The van der Waals surface area contributed by atoms with Gasteiger partial charge in [-0.25, -0.2) is 14.3 Å². The van der Waals surface area contributed by atoms with E-state index in [0.717, 1.165) is 12.1 Å². The molecular weight excluding hydrogens is 435 g/mol. The first kappa shape index (κ1) is 26.4. The molecule has 0 spiro atoms. The van der Waals surface area contributed by atoms with Crippen LogP contribution in [0.25, 0.3) is 5.69 Å². The van der Waals surface area contributed by atoms with Crippen LogP contribution in [0, 0.1) is 6.92 Å². The van der Waals surface area contributed by atoms with E-state index in [2.05, 4.69) is 5.10 Å². The van der Waals surface area contributed by atoms with Crippen molar-refractivity contribution < 1.29 is 37.7 Å². The quantitative estimate of drug-likeness (QED) is 0.607. The molecule has 2 rings (SSSR count). The number of rotatable bonds is 7. The van der Waals surface area contributed by atoms with Crippen LogP contribution in [0.1, 0.15) is 11.3 Å². The lowest BCUT2D eigenvalue weighted by molar-refractivity contribution is -0.137. The van der Waals surface area contributed by atoms with Crippen LogP contribution in [0.2, 0.25) is 0 Å². The van der Waals surface area contributed by atoms with E-state index < -0.39 is 29.1 Å². The van der Waals surface area contributed by atoms with Crippen molar-refractivity contribution in [1.82, 2.24) is 14.7 Å². The highest BCUT2D eigenvalue weighted by molar-refractivity contribution is 5.89. The molecule has 0 aliphatic carbocycles. The number of aliphatic carboxylic acids is 2. The van der Waals surface area contributed by atoms with Gasteiger partial charge in [-0.05, 0) is 39.2 Å². The first-order chi connectivity index (χ1) is 14.8. The van der Waals surface area contributed by atoms with Gasteiger partial charge in [-0.1, -0.05) is 6.07 Å². The number of carbonyl (C=O) groups is 2. The number of hydrogen-bond acceptors (Lipinski definition) is 6. The average Bonchev–Trinajstić information content (AvgIpc) is 2.68. The molecule has 9 nitrogen and oxygen atoms in total. The van der Waals surface area contributed by atoms with Gasteiger partial charge in [0.2, 0.25) is 5.43 Å². The van der Waals surface area contributed by atoms with Crippen molar-refractivity contribution in [3.63, 3.8) is 0 Å². The predicted molar refractivity (Wildman–Crippen MR) is 108 cm³/mol. The van der Waals surface area contributed by atoms with Crippen molar-refractivity contribution in [3.05, 3.63) is 64.0 Å². The van der Waals surface area contributed by atoms with E-state index in [0.29, 0.717) is 24.4 Å². The molecule has 0 saturated heterocycles. The number of likely N-dealkylation sites (N-methyl/N-ethyl adjacent to an activating group) is 1. The van der Waals surface area contributed by atoms with Crippen molar-refractivity contribution >= 4 is 11.9 Å². The standard InChI is InChI=1S/C16H18F3N3O2.C4H4O4/c1-11-9-14(23)15(24-8-7-21(2)3)20-22(11)13-6-4-5-12(10-13)16(17,18)19;5-3(6)1-2-4(7)8/h4-6,9-10H,7-8H2,1-3H3;1-2H,(H,5,6)(H,7,8)/b;2-1+. The van der Waals surface area contributed by atoms with Gasteiger partial charge < -0.3 is 19.8 Å². The fourth-order valence-corrected chi connectivity index (χ4v) is 2.17. The summed E-state index contributed by atoms with van der Waals surface area (Å²) in [4.78, 5) is 32.9. The first-order valence-corrected chi connectivity index (χ1v) is 9.01.